The van der Waals surface area contributed by atoms with Crippen LogP contribution in [0.5, 0.6) is 0 Å². The van der Waals surface area contributed by atoms with Gasteiger partial charge in [-0.1, -0.05) is 5.16 Å². The largest absolute Gasteiger partial charge is 0.479 e. The first kappa shape index (κ1) is 16.0. The van der Waals surface area contributed by atoms with Gasteiger partial charge in [-0.05, 0) is 20.8 Å². The zero-order valence-electron chi connectivity index (χ0n) is 11.0. The third-order valence-electron chi connectivity index (χ3n) is 2.90. The average Bonchev–Trinajstić information content (AvgIpc) is 2.58. The van der Waals surface area contributed by atoms with Crippen molar-refractivity contribution in [2.75, 3.05) is 0 Å². The molecule has 1 unspecified atom stereocenters. The van der Waals surface area contributed by atoms with E-state index in [0.717, 1.165) is 0 Å². The molecule has 112 valence electrons. The van der Waals surface area contributed by atoms with Crippen LogP contribution in [0.1, 0.15) is 23.9 Å². The summed E-state index contributed by atoms with van der Waals surface area (Å²) < 4.78 is 43.0. The molecule has 0 aliphatic rings. The zero-order valence-corrected chi connectivity index (χ0v) is 11.0. The molecule has 0 saturated heterocycles. The van der Waals surface area contributed by atoms with Crippen molar-refractivity contribution in [3.05, 3.63) is 17.0 Å². The second-order valence-electron chi connectivity index (χ2n) is 4.46. The minimum atomic E-state index is -5.12. The highest BCUT2D eigenvalue weighted by Gasteiger charge is 2.58. The van der Waals surface area contributed by atoms with Gasteiger partial charge in [0.25, 0.3) is 0 Å². The minimum absolute atomic E-state index is 0.293. The van der Waals surface area contributed by atoms with Gasteiger partial charge >= 0.3 is 12.1 Å². The maximum absolute atomic E-state index is 12.7. The highest BCUT2D eigenvalue weighted by Crippen LogP contribution is 2.30. The Morgan fingerprint density at radius 3 is 2.25 bits per heavy atom. The van der Waals surface area contributed by atoms with E-state index in [9.17, 15) is 22.8 Å². The van der Waals surface area contributed by atoms with Crippen LogP contribution in [0.3, 0.4) is 0 Å². The monoisotopic (exact) mass is 294 g/mol. The normalized spacial score (nSPS) is 14.7. The Morgan fingerprint density at radius 1 is 1.35 bits per heavy atom. The summed E-state index contributed by atoms with van der Waals surface area (Å²) in [4.78, 5) is 22.4. The Hall–Kier alpha value is -2.06. The molecule has 0 saturated carbocycles. The number of amides is 1. The second-order valence-corrected chi connectivity index (χ2v) is 4.46. The lowest BCUT2D eigenvalue weighted by Gasteiger charge is -2.28. The van der Waals surface area contributed by atoms with Crippen LogP contribution in [0.2, 0.25) is 0 Å². The molecule has 1 aromatic heterocycles. The van der Waals surface area contributed by atoms with Crippen molar-refractivity contribution >= 4 is 11.9 Å². The molecule has 9 heteroatoms. The Kier molecular flexibility index (Phi) is 4.11. The third-order valence-corrected chi connectivity index (χ3v) is 2.90. The van der Waals surface area contributed by atoms with Gasteiger partial charge in [-0.3, -0.25) is 4.79 Å². The number of carboxylic acids is 1. The van der Waals surface area contributed by atoms with E-state index in [2.05, 4.69) is 5.16 Å². The van der Waals surface area contributed by atoms with Crippen molar-refractivity contribution in [1.29, 1.82) is 0 Å². The number of carboxylic acid groups (broad SMARTS) is 1. The molecular formula is C11H13F3N2O4. The summed E-state index contributed by atoms with van der Waals surface area (Å²) in [5.41, 5.74) is -2.65. The number of nitrogens with zero attached hydrogens (tertiary/aromatic N) is 1. The van der Waals surface area contributed by atoms with E-state index >= 15 is 0 Å². The van der Waals surface area contributed by atoms with Crippen molar-refractivity contribution in [2.24, 2.45) is 0 Å². The maximum atomic E-state index is 12.7. The summed E-state index contributed by atoms with van der Waals surface area (Å²) in [6.07, 6.45) is -5.56. The van der Waals surface area contributed by atoms with Crippen molar-refractivity contribution in [3.8, 4) is 0 Å². The fraction of sp³-hybridized carbons (Fsp3) is 0.545. The number of aliphatic carboxylic acids is 1. The first-order chi connectivity index (χ1) is 8.99. The van der Waals surface area contributed by atoms with Crippen molar-refractivity contribution in [2.45, 2.75) is 38.9 Å². The molecule has 0 aliphatic carbocycles. The van der Waals surface area contributed by atoms with Gasteiger partial charge in [-0.25, -0.2) is 4.79 Å². The van der Waals surface area contributed by atoms with Gasteiger partial charge in [0.2, 0.25) is 11.4 Å². The van der Waals surface area contributed by atoms with Gasteiger partial charge in [0.1, 0.15) is 5.76 Å². The number of aromatic nitrogens is 1. The molecule has 1 aromatic rings. The summed E-state index contributed by atoms with van der Waals surface area (Å²) in [6, 6.07) is 0. The van der Waals surface area contributed by atoms with Crippen LogP contribution in [0.4, 0.5) is 13.2 Å². The standard InChI is InChI=1S/C11H13F3N2O4/c1-5-7(6(2)20-16-5)4-8(17)15-10(3,9(18)19)11(12,13)14/h4H2,1-3H3,(H,15,17)(H,18,19). The van der Waals surface area contributed by atoms with Crippen LogP contribution in [-0.4, -0.2) is 33.9 Å². The van der Waals surface area contributed by atoms with Crippen molar-refractivity contribution in [3.63, 3.8) is 0 Å². The fourth-order valence-corrected chi connectivity index (χ4v) is 1.48. The lowest BCUT2D eigenvalue weighted by Crippen LogP contribution is -2.62. The maximum Gasteiger partial charge on any atom is 0.422 e. The predicted octanol–water partition coefficient (Wildman–Crippen LogP) is 1.36. The van der Waals surface area contributed by atoms with Gasteiger partial charge in [0.05, 0.1) is 12.1 Å². The molecule has 1 amide bonds. The number of carbonyl (C=O) groups is 2. The number of aryl methyl sites for hydroxylation is 2. The summed E-state index contributed by atoms with van der Waals surface area (Å²) in [5.74, 6) is -2.97. The smallest absolute Gasteiger partial charge is 0.422 e. The summed E-state index contributed by atoms with van der Waals surface area (Å²) in [6.45, 7) is 3.42. The summed E-state index contributed by atoms with van der Waals surface area (Å²) in [7, 11) is 0. The first-order valence-electron chi connectivity index (χ1n) is 5.52. The molecule has 1 rings (SSSR count). The molecule has 20 heavy (non-hydrogen) atoms. The number of halogens is 3. The van der Waals surface area contributed by atoms with Crippen LogP contribution in [0.25, 0.3) is 0 Å². The van der Waals surface area contributed by atoms with Gasteiger partial charge in [-0.2, -0.15) is 13.2 Å². The number of carbonyl (C=O) groups excluding carboxylic acids is 1. The molecule has 1 heterocycles. The molecule has 0 radical (unpaired) electrons. The fourth-order valence-electron chi connectivity index (χ4n) is 1.48. The van der Waals surface area contributed by atoms with Crippen molar-refractivity contribution < 1.29 is 32.4 Å². The van der Waals surface area contributed by atoms with Crippen LogP contribution >= 0.6 is 0 Å². The van der Waals surface area contributed by atoms with E-state index in [4.69, 9.17) is 9.63 Å². The highest BCUT2D eigenvalue weighted by atomic mass is 19.4. The predicted molar refractivity (Wildman–Crippen MR) is 59.9 cm³/mol. The van der Waals surface area contributed by atoms with Gasteiger partial charge in [-0.15, -0.1) is 0 Å². The van der Waals surface area contributed by atoms with Gasteiger partial charge in [0.15, 0.2) is 0 Å². The molecule has 2 N–H and O–H groups in total. The second kappa shape index (κ2) is 5.14. The van der Waals surface area contributed by atoms with Crippen LogP contribution < -0.4 is 5.32 Å². The number of alkyl halides is 3. The minimum Gasteiger partial charge on any atom is -0.479 e. The Bertz CT molecular complexity index is 519. The van der Waals surface area contributed by atoms with Crippen molar-refractivity contribution in [1.82, 2.24) is 10.5 Å². The summed E-state index contributed by atoms with van der Waals surface area (Å²) >= 11 is 0. The quantitative estimate of drug-likeness (QED) is 0.874. The number of hydrogen-bond donors (Lipinski definition) is 2. The SMILES string of the molecule is Cc1noc(C)c1CC(=O)NC(C)(C(=O)O)C(F)(F)F. The molecule has 6 nitrogen and oxygen atoms in total. The molecule has 0 aromatic carbocycles. The van der Waals surface area contributed by atoms with E-state index in [1.54, 1.807) is 0 Å². The van der Waals surface area contributed by atoms with E-state index in [0.29, 0.717) is 23.9 Å². The molecule has 0 fully saturated rings. The van der Waals surface area contributed by atoms with Crippen LogP contribution in [0, 0.1) is 13.8 Å². The zero-order chi connectivity index (χ0) is 15.7. The third kappa shape index (κ3) is 2.91. The average molecular weight is 294 g/mol. The van der Waals surface area contributed by atoms with Crippen LogP contribution in [0.15, 0.2) is 4.52 Å². The Labute approximate surface area is 111 Å². The van der Waals surface area contributed by atoms with Crippen LogP contribution in [-0.2, 0) is 16.0 Å². The van der Waals surface area contributed by atoms with E-state index < -0.39 is 30.0 Å². The number of rotatable bonds is 4. The highest BCUT2D eigenvalue weighted by molar-refractivity contribution is 5.88. The lowest BCUT2D eigenvalue weighted by atomic mass is 10.0. The van der Waals surface area contributed by atoms with Gasteiger partial charge in [0, 0.05) is 5.56 Å². The number of nitrogens with one attached hydrogen (secondary N) is 1. The number of hydrogen-bond acceptors (Lipinski definition) is 4. The Morgan fingerprint density at radius 2 is 1.90 bits per heavy atom. The lowest BCUT2D eigenvalue weighted by molar-refractivity contribution is -0.206. The molecule has 0 spiro atoms. The van der Waals surface area contributed by atoms with E-state index in [1.807, 2.05) is 0 Å². The Balaban J connectivity index is 2.92. The molecule has 1 atom stereocenters. The van der Waals surface area contributed by atoms with Gasteiger partial charge < -0.3 is 14.9 Å². The topological polar surface area (TPSA) is 92.4 Å². The molecular weight excluding hydrogens is 281 g/mol. The van der Waals surface area contributed by atoms with E-state index in [1.165, 1.54) is 19.2 Å². The molecule has 0 bridgehead atoms. The first-order valence-corrected chi connectivity index (χ1v) is 5.52. The van der Waals surface area contributed by atoms with E-state index in [-0.39, 0.29) is 0 Å². The summed E-state index contributed by atoms with van der Waals surface area (Å²) in [5, 5.41) is 13.7. The molecule has 0 aliphatic heterocycles.